The zero-order valence-electron chi connectivity index (χ0n) is 19.0. The number of rotatable bonds is 8. The molecule has 4 aromatic rings. The van der Waals surface area contributed by atoms with E-state index in [9.17, 15) is 15.3 Å². The van der Waals surface area contributed by atoms with Gasteiger partial charge in [0, 0.05) is 6.54 Å². The lowest BCUT2D eigenvalue weighted by Crippen LogP contribution is -2.30. The van der Waals surface area contributed by atoms with Crippen molar-refractivity contribution in [2.24, 2.45) is 0 Å². The minimum absolute atomic E-state index is 0.110. The molecule has 14 nitrogen and oxygen atoms in total. The second-order valence-electron chi connectivity index (χ2n) is 8.14. The Balaban J connectivity index is 1.44. The van der Waals surface area contributed by atoms with Gasteiger partial charge in [0.15, 0.2) is 23.8 Å². The van der Waals surface area contributed by atoms with Crippen LogP contribution >= 0.6 is 0 Å². The fourth-order valence-corrected chi connectivity index (χ4v) is 4.00. The first-order chi connectivity index (χ1) is 17.0. The monoisotopic (exact) mass is 482 g/mol. The Morgan fingerprint density at radius 2 is 1.94 bits per heavy atom. The van der Waals surface area contributed by atoms with Crippen molar-refractivity contribution >= 4 is 22.9 Å². The lowest BCUT2D eigenvalue weighted by atomic mass is 10.1. The van der Waals surface area contributed by atoms with Crippen molar-refractivity contribution in [3.05, 3.63) is 48.0 Å². The van der Waals surface area contributed by atoms with Gasteiger partial charge in [-0.25, -0.2) is 4.98 Å². The third kappa shape index (κ3) is 4.27. The molecule has 14 heteroatoms. The summed E-state index contributed by atoms with van der Waals surface area (Å²) in [6.45, 7) is 2.47. The number of nitrogens with two attached hydrogens (primary N) is 1. The van der Waals surface area contributed by atoms with Crippen LogP contribution in [0.3, 0.4) is 0 Å². The van der Waals surface area contributed by atoms with Crippen LogP contribution in [-0.4, -0.2) is 80.5 Å². The molecule has 1 aliphatic rings. The van der Waals surface area contributed by atoms with Crippen molar-refractivity contribution in [1.82, 2.24) is 39.7 Å². The van der Waals surface area contributed by atoms with E-state index in [1.807, 2.05) is 37.3 Å². The molecule has 0 saturated carbocycles. The topological polar surface area (TPSA) is 186 Å². The Kier molecular flexibility index (Phi) is 6.25. The quantitative estimate of drug-likeness (QED) is 0.234. The Labute approximate surface area is 199 Å². The maximum Gasteiger partial charge on any atom is 0.231 e. The number of benzene rings is 1. The highest BCUT2D eigenvalue weighted by molar-refractivity contribution is 5.83. The number of tetrazole rings is 1. The number of aliphatic hydroxyl groups excluding tert-OH is 3. The Hall–Kier alpha value is -3.72. The maximum atomic E-state index is 10.8. The highest BCUT2D eigenvalue weighted by Crippen LogP contribution is 2.38. The van der Waals surface area contributed by atoms with Crippen LogP contribution in [0, 0.1) is 0 Å². The van der Waals surface area contributed by atoms with Gasteiger partial charge in [0.2, 0.25) is 11.8 Å². The van der Waals surface area contributed by atoms with E-state index in [1.165, 1.54) is 15.7 Å². The van der Waals surface area contributed by atoms with E-state index in [-0.39, 0.29) is 30.0 Å². The highest BCUT2D eigenvalue weighted by Gasteiger charge is 2.47. The zero-order chi connectivity index (χ0) is 24.5. The van der Waals surface area contributed by atoms with Crippen molar-refractivity contribution in [2.45, 2.75) is 44.4 Å². The molecule has 0 amide bonds. The molecule has 1 aromatic carbocycles. The summed E-state index contributed by atoms with van der Waals surface area (Å²) < 4.78 is 7.41. The SMILES string of the molecule is CCn1nnc(C2O[C@H](n3cnc4c(N)nc(N(CO)CCc5ccccc5)nc43)C(O)C2O)n1. The van der Waals surface area contributed by atoms with Crippen molar-refractivity contribution in [3.8, 4) is 0 Å². The fraction of sp³-hybridized carbons (Fsp3) is 0.429. The molecule has 1 saturated heterocycles. The van der Waals surface area contributed by atoms with Gasteiger partial charge in [-0.05, 0) is 24.1 Å². The molecule has 4 heterocycles. The average molecular weight is 483 g/mol. The number of hydrogen-bond acceptors (Lipinski definition) is 12. The van der Waals surface area contributed by atoms with Gasteiger partial charge in [-0.15, -0.1) is 10.2 Å². The molecule has 1 aliphatic heterocycles. The molecule has 184 valence electrons. The number of aryl methyl sites for hydroxylation is 1. The van der Waals surface area contributed by atoms with Gasteiger partial charge in [-0.1, -0.05) is 30.3 Å². The molecule has 0 aliphatic carbocycles. The molecule has 0 radical (unpaired) electrons. The van der Waals surface area contributed by atoms with Crippen LogP contribution in [0.1, 0.15) is 30.6 Å². The molecule has 5 rings (SSSR count). The number of nitrogens with zero attached hydrogens (tertiary/aromatic N) is 9. The Morgan fingerprint density at radius 3 is 2.66 bits per heavy atom. The fourth-order valence-electron chi connectivity index (χ4n) is 4.00. The molecule has 3 unspecified atom stereocenters. The molecule has 0 bridgehead atoms. The Bertz CT molecular complexity index is 1300. The van der Waals surface area contributed by atoms with Crippen molar-refractivity contribution in [3.63, 3.8) is 0 Å². The molecule has 3 aromatic heterocycles. The van der Waals surface area contributed by atoms with Crippen molar-refractivity contribution in [1.29, 1.82) is 0 Å². The molecule has 1 fully saturated rings. The van der Waals surface area contributed by atoms with E-state index in [0.717, 1.165) is 5.56 Å². The molecule has 4 atom stereocenters. The van der Waals surface area contributed by atoms with Crippen LogP contribution < -0.4 is 10.6 Å². The maximum absolute atomic E-state index is 10.8. The summed E-state index contributed by atoms with van der Waals surface area (Å²) in [5.74, 6) is 0.471. The first-order valence-corrected chi connectivity index (χ1v) is 11.2. The van der Waals surface area contributed by atoms with E-state index < -0.39 is 24.5 Å². The number of aliphatic hydroxyl groups is 3. The number of aromatic nitrogens is 8. The van der Waals surface area contributed by atoms with E-state index >= 15 is 0 Å². The van der Waals surface area contributed by atoms with E-state index in [2.05, 4.69) is 30.4 Å². The lowest BCUT2D eigenvalue weighted by molar-refractivity contribution is -0.0384. The van der Waals surface area contributed by atoms with Crippen LogP contribution in [0.2, 0.25) is 0 Å². The van der Waals surface area contributed by atoms with Crippen LogP contribution in [0.5, 0.6) is 0 Å². The first kappa shape index (κ1) is 23.0. The van der Waals surface area contributed by atoms with Gasteiger partial charge in [0.1, 0.15) is 24.5 Å². The average Bonchev–Trinajstić information content (AvgIpc) is 3.59. The minimum atomic E-state index is -1.32. The number of imidazole rings is 1. The van der Waals surface area contributed by atoms with Crippen molar-refractivity contribution in [2.75, 3.05) is 23.9 Å². The van der Waals surface area contributed by atoms with Crippen LogP contribution in [0.4, 0.5) is 11.8 Å². The predicted molar refractivity (Wildman–Crippen MR) is 123 cm³/mol. The lowest BCUT2D eigenvalue weighted by Gasteiger charge is -2.21. The third-order valence-corrected chi connectivity index (χ3v) is 5.92. The summed E-state index contributed by atoms with van der Waals surface area (Å²) in [5, 5.41) is 43.3. The van der Waals surface area contributed by atoms with Crippen LogP contribution in [0.25, 0.3) is 11.2 Å². The number of anilines is 2. The summed E-state index contributed by atoms with van der Waals surface area (Å²) >= 11 is 0. The zero-order valence-corrected chi connectivity index (χ0v) is 19.0. The summed E-state index contributed by atoms with van der Waals surface area (Å²) in [4.78, 5) is 16.1. The Morgan fingerprint density at radius 1 is 1.14 bits per heavy atom. The third-order valence-electron chi connectivity index (χ3n) is 5.92. The summed E-state index contributed by atoms with van der Waals surface area (Å²) in [7, 11) is 0. The van der Waals surface area contributed by atoms with E-state index in [0.29, 0.717) is 25.0 Å². The molecule has 5 N–H and O–H groups in total. The number of hydrogen-bond donors (Lipinski definition) is 4. The largest absolute Gasteiger partial charge is 0.387 e. The van der Waals surface area contributed by atoms with Gasteiger partial charge >= 0.3 is 0 Å². The number of fused-ring (bicyclic) bond motifs is 1. The standard InChI is InChI=1S/C21H26N10O4/c1-2-31-27-18(26-28-31)16-14(33)15(34)20(35-16)30-10-23-13-17(22)24-21(25-19(13)30)29(11-32)9-8-12-6-4-3-5-7-12/h3-7,10,14-16,20,32-34H,2,8-9,11H2,1H3,(H2,22,24,25)/t14?,15?,16?,20-/m0/s1. The molecular weight excluding hydrogens is 456 g/mol. The van der Waals surface area contributed by atoms with Gasteiger partial charge in [-0.2, -0.15) is 14.8 Å². The molecular formula is C21H26N10O4. The van der Waals surface area contributed by atoms with Gasteiger partial charge in [-0.3, -0.25) is 4.57 Å². The summed E-state index contributed by atoms with van der Waals surface area (Å²) in [6, 6.07) is 9.83. The van der Waals surface area contributed by atoms with E-state index in [1.54, 1.807) is 4.90 Å². The predicted octanol–water partition coefficient (Wildman–Crippen LogP) is -0.594. The minimum Gasteiger partial charge on any atom is -0.387 e. The number of ether oxygens (including phenoxy) is 1. The van der Waals surface area contributed by atoms with Crippen molar-refractivity contribution < 1.29 is 20.1 Å². The second kappa shape index (κ2) is 9.50. The summed E-state index contributed by atoms with van der Waals surface area (Å²) in [6.07, 6.45) is -2.59. The number of nitrogen functional groups attached to an aromatic ring is 1. The first-order valence-electron chi connectivity index (χ1n) is 11.2. The summed E-state index contributed by atoms with van der Waals surface area (Å²) in [5.41, 5.74) is 7.84. The van der Waals surface area contributed by atoms with E-state index in [4.69, 9.17) is 10.5 Å². The second-order valence-corrected chi connectivity index (χ2v) is 8.14. The van der Waals surface area contributed by atoms with Gasteiger partial charge in [0.25, 0.3) is 0 Å². The van der Waals surface area contributed by atoms with Crippen LogP contribution in [-0.2, 0) is 17.7 Å². The normalized spacial score (nSPS) is 22.2. The van der Waals surface area contributed by atoms with Gasteiger partial charge < -0.3 is 30.7 Å². The molecule has 0 spiro atoms. The smallest absolute Gasteiger partial charge is 0.231 e. The van der Waals surface area contributed by atoms with Gasteiger partial charge in [0.05, 0.1) is 12.9 Å². The molecule has 35 heavy (non-hydrogen) atoms. The van der Waals surface area contributed by atoms with Crippen LogP contribution in [0.15, 0.2) is 36.7 Å². The highest BCUT2D eigenvalue weighted by atomic mass is 16.6.